The Morgan fingerprint density at radius 3 is 2.68 bits per heavy atom. The second-order valence-electron chi connectivity index (χ2n) is 5.47. The van der Waals surface area contributed by atoms with E-state index in [0.717, 1.165) is 5.56 Å². The average Bonchev–Trinajstić information content (AvgIpc) is 2.63. The number of carbonyl (C=O) groups is 1. The number of hydrogen-bond acceptors (Lipinski definition) is 4. The third kappa shape index (κ3) is 3.64. The van der Waals surface area contributed by atoms with E-state index in [2.05, 4.69) is 11.6 Å². The molecule has 0 bridgehead atoms. The third-order valence-corrected chi connectivity index (χ3v) is 4.69. The summed E-state index contributed by atoms with van der Waals surface area (Å²) in [6.07, 6.45) is 1.77. The van der Waals surface area contributed by atoms with Crippen molar-refractivity contribution in [3.05, 3.63) is 82.7 Å². The molecule has 0 aliphatic rings. The van der Waals surface area contributed by atoms with Crippen molar-refractivity contribution in [1.29, 1.82) is 0 Å². The average molecular weight is 351 g/mol. The van der Waals surface area contributed by atoms with Crippen LogP contribution < -0.4 is 11.3 Å². The number of nitrogens with two attached hydrogens (primary N) is 1. The second-order valence-corrected chi connectivity index (χ2v) is 6.45. The van der Waals surface area contributed by atoms with Crippen LogP contribution in [0.15, 0.2) is 71.1 Å². The number of carbonyl (C=O) groups excluding carboxylic acids is 1. The summed E-state index contributed by atoms with van der Waals surface area (Å²) in [6.45, 7) is 4.12. The van der Waals surface area contributed by atoms with Crippen molar-refractivity contribution < 1.29 is 4.79 Å². The molecule has 1 amide bonds. The number of hydrogen-bond donors (Lipinski definition) is 1. The molecule has 0 spiro atoms. The number of primary amides is 1. The maximum absolute atomic E-state index is 13.0. The van der Waals surface area contributed by atoms with Gasteiger partial charge in [-0.05, 0) is 23.8 Å². The van der Waals surface area contributed by atoms with Crippen molar-refractivity contribution in [2.24, 2.45) is 5.73 Å². The highest BCUT2D eigenvalue weighted by atomic mass is 32.2. The van der Waals surface area contributed by atoms with Crippen LogP contribution in [0.1, 0.15) is 15.9 Å². The minimum atomic E-state index is -0.569. The molecule has 0 fully saturated rings. The molecule has 6 heteroatoms. The molecule has 3 aromatic rings. The van der Waals surface area contributed by atoms with Gasteiger partial charge in [0.2, 0.25) is 5.91 Å². The van der Waals surface area contributed by atoms with Crippen molar-refractivity contribution >= 4 is 28.6 Å². The molecule has 0 radical (unpaired) electrons. The van der Waals surface area contributed by atoms with Gasteiger partial charge in [-0.1, -0.05) is 48.2 Å². The summed E-state index contributed by atoms with van der Waals surface area (Å²) in [6, 6.07) is 14.4. The van der Waals surface area contributed by atoms with E-state index in [0.29, 0.717) is 33.9 Å². The Hall–Kier alpha value is -2.86. The Morgan fingerprint density at radius 1 is 1.24 bits per heavy atom. The Kier molecular flexibility index (Phi) is 5.00. The SMILES string of the molecule is C=CCSc1nc2ccc(C(N)=O)cc2c(=O)n1Cc1ccccc1. The lowest BCUT2D eigenvalue weighted by Crippen LogP contribution is -2.24. The number of thioether (sulfide) groups is 1. The van der Waals surface area contributed by atoms with Gasteiger partial charge in [-0.2, -0.15) is 0 Å². The van der Waals surface area contributed by atoms with Gasteiger partial charge in [0.25, 0.3) is 5.56 Å². The van der Waals surface area contributed by atoms with Gasteiger partial charge >= 0.3 is 0 Å². The normalized spacial score (nSPS) is 10.7. The number of rotatable bonds is 6. The standard InChI is InChI=1S/C19H17N3O2S/c1-2-10-25-19-21-16-9-8-14(17(20)23)11-15(16)18(24)22(19)12-13-6-4-3-5-7-13/h2-9,11H,1,10,12H2,(H2,20,23). The lowest BCUT2D eigenvalue weighted by molar-refractivity contribution is 0.100. The third-order valence-electron chi connectivity index (χ3n) is 3.72. The fourth-order valence-corrected chi connectivity index (χ4v) is 3.24. The number of amides is 1. The first-order chi connectivity index (χ1) is 12.1. The van der Waals surface area contributed by atoms with E-state index in [1.165, 1.54) is 17.8 Å². The quantitative estimate of drug-likeness (QED) is 0.421. The molecule has 5 nitrogen and oxygen atoms in total. The molecule has 0 unspecified atom stereocenters. The zero-order valence-corrected chi connectivity index (χ0v) is 14.3. The molecule has 0 aliphatic carbocycles. The summed E-state index contributed by atoms with van der Waals surface area (Å²) >= 11 is 1.45. The topological polar surface area (TPSA) is 78.0 Å². The fraction of sp³-hybridized carbons (Fsp3) is 0.105. The van der Waals surface area contributed by atoms with Crippen molar-refractivity contribution in [2.75, 3.05) is 5.75 Å². The smallest absolute Gasteiger partial charge is 0.262 e. The Bertz CT molecular complexity index is 997. The van der Waals surface area contributed by atoms with E-state index in [9.17, 15) is 9.59 Å². The first-order valence-corrected chi connectivity index (χ1v) is 8.70. The van der Waals surface area contributed by atoms with E-state index in [1.54, 1.807) is 22.8 Å². The first-order valence-electron chi connectivity index (χ1n) is 7.72. The molecule has 126 valence electrons. The van der Waals surface area contributed by atoms with E-state index < -0.39 is 5.91 Å². The van der Waals surface area contributed by atoms with Crippen molar-refractivity contribution in [3.63, 3.8) is 0 Å². The molecular weight excluding hydrogens is 334 g/mol. The van der Waals surface area contributed by atoms with Gasteiger partial charge in [-0.3, -0.25) is 14.2 Å². The first kappa shape index (κ1) is 17.0. The van der Waals surface area contributed by atoms with Gasteiger partial charge in [0.05, 0.1) is 17.4 Å². The zero-order valence-electron chi connectivity index (χ0n) is 13.5. The summed E-state index contributed by atoms with van der Waals surface area (Å²) in [5, 5.41) is 1.00. The van der Waals surface area contributed by atoms with Gasteiger partial charge < -0.3 is 5.73 Å². The zero-order chi connectivity index (χ0) is 17.8. The maximum atomic E-state index is 13.0. The van der Waals surface area contributed by atoms with Crippen LogP contribution in [0.3, 0.4) is 0 Å². The number of aromatic nitrogens is 2. The van der Waals surface area contributed by atoms with Gasteiger partial charge in [0, 0.05) is 11.3 Å². The Morgan fingerprint density at radius 2 is 2.00 bits per heavy atom. The summed E-state index contributed by atoms with van der Waals surface area (Å²) in [5.41, 5.74) is 6.98. The molecule has 0 aliphatic heterocycles. The molecule has 2 aromatic carbocycles. The van der Waals surface area contributed by atoms with Crippen LogP contribution in [0.25, 0.3) is 10.9 Å². The van der Waals surface area contributed by atoms with E-state index >= 15 is 0 Å². The second kappa shape index (κ2) is 7.36. The summed E-state index contributed by atoms with van der Waals surface area (Å²) in [4.78, 5) is 29.0. The highest BCUT2D eigenvalue weighted by molar-refractivity contribution is 7.99. The summed E-state index contributed by atoms with van der Waals surface area (Å²) in [7, 11) is 0. The summed E-state index contributed by atoms with van der Waals surface area (Å²) in [5.74, 6) is 0.0764. The minimum Gasteiger partial charge on any atom is -0.366 e. The molecular formula is C19H17N3O2S. The van der Waals surface area contributed by atoms with Crippen LogP contribution in [0.2, 0.25) is 0 Å². The van der Waals surface area contributed by atoms with Gasteiger partial charge in [0.1, 0.15) is 0 Å². The van der Waals surface area contributed by atoms with Crippen molar-refractivity contribution in [1.82, 2.24) is 9.55 Å². The van der Waals surface area contributed by atoms with Crippen LogP contribution in [0.5, 0.6) is 0 Å². The van der Waals surface area contributed by atoms with Crippen LogP contribution in [0, 0.1) is 0 Å². The van der Waals surface area contributed by atoms with Gasteiger partial charge in [-0.15, -0.1) is 6.58 Å². The number of nitrogens with zero attached hydrogens (tertiary/aromatic N) is 2. The number of benzene rings is 2. The molecule has 1 heterocycles. The minimum absolute atomic E-state index is 0.191. The lowest BCUT2D eigenvalue weighted by Gasteiger charge is -2.13. The van der Waals surface area contributed by atoms with Crippen LogP contribution >= 0.6 is 11.8 Å². The summed E-state index contributed by atoms with van der Waals surface area (Å²) < 4.78 is 1.62. The van der Waals surface area contributed by atoms with Gasteiger partial charge in [0.15, 0.2) is 5.16 Å². The predicted octanol–water partition coefficient (Wildman–Crippen LogP) is 2.82. The lowest BCUT2D eigenvalue weighted by atomic mass is 10.1. The highest BCUT2D eigenvalue weighted by Gasteiger charge is 2.13. The van der Waals surface area contributed by atoms with Crippen LogP contribution in [-0.2, 0) is 6.54 Å². The van der Waals surface area contributed by atoms with E-state index in [4.69, 9.17) is 5.73 Å². The maximum Gasteiger partial charge on any atom is 0.262 e. The highest BCUT2D eigenvalue weighted by Crippen LogP contribution is 2.20. The molecule has 1 aromatic heterocycles. The molecule has 0 saturated carbocycles. The Labute approximate surface area is 149 Å². The van der Waals surface area contributed by atoms with E-state index in [-0.39, 0.29) is 5.56 Å². The van der Waals surface area contributed by atoms with E-state index in [1.807, 2.05) is 30.3 Å². The molecule has 2 N–H and O–H groups in total. The Balaban J connectivity index is 2.18. The molecule has 25 heavy (non-hydrogen) atoms. The van der Waals surface area contributed by atoms with Gasteiger partial charge in [-0.25, -0.2) is 4.98 Å². The monoisotopic (exact) mass is 351 g/mol. The molecule has 0 atom stereocenters. The number of fused-ring (bicyclic) bond motifs is 1. The molecule has 0 saturated heterocycles. The molecule has 3 rings (SSSR count). The largest absolute Gasteiger partial charge is 0.366 e. The van der Waals surface area contributed by atoms with Crippen LogP contribution in [-0.4, -0.2) is 21.2 Å². The van der Waals surface area contributed by atoms with Crippen LogP contribution in [0.4, 0.5) is 0 Å². The predicted molar refractivity (Wildman–Crippen MR) is 101 cm³/mol. The van der Waals surface area contributed by atoms with Crippen molar-refractivity contribution in [2.45, 2.75) is 11.7 Å². The fourth-order valence-electron chi connectivity index (χ4n) is 2.50. The van der Waals surface area contributed by atoms with Crippen molar-refractivity contribution in [3.8, 4) is 0 Å².